The maximum absolute atomic E-state index is 14.2. The van der Waals surface area contributed by atoms with Gasteiger partial charge in [-0.3, -0.25) is 9.59 Å². The first-order valence-electron chi connectivity index (χ1n) is 12.4. The second-order valence-corrected chi connectivity index (χ2v) is 9.72. The fourth-order valence-corrected chi connectivity index (χ4v) is 5.04. The van der Waals surface area contributed by atoms with E-state index in [0.29, 0.717) is 42.0 Å². The molecule has 0 spiro atoms. The van der Waals surface area contributed by atoms with E-state index in [1.807, 2.05) is 32.8 Å². The van der Waals surface area contributed by atoms with Gasteiger partial charge in [0.25, 0.3) is 11.8 Å². The quantitative estimate of drug-likeness (QED) is 0.521. The third-order valence-corrected chi connectivity index (χ3v) is 7.09. The van der Waals surface area contributed by atoms with Gasteiger partial charge in [0, 0.05) is 49.7 Å². The summed E-state index contributed by atoms with van der Waals surface area (Å²) in [7, 11) is 4.00. The van der Waals surface area contributed by atoms with E-state index in [-0.39, 0.29) is 42.4 Å². The number of carbonyl (C=O) groups excluding carboxylic acids is 2. The van der Waals surface area contributed by atoms with Gasteiger partial charge in [0.05, 0.1) is 16.8 Å². The number of fused-ring (bicyclic) bond motifs is 1. The lowest BCUT2D eigenvalue weighted by Crippen LogP contribution is -2.48. The minimum absolute atomic E-state index is 0. The van der Waals surface area contributed by atoms with Crippen LogP contribution in [0.1, 0.15) is 46.2 Å². The molecular weight excluding hydrogens is 516 g/mol. The van der Waals surface area contributed by atoms with Crippen molar-refractivity contribution in [2.45, 2.75) is 27.2 Å². The smallest absolute Gasteiger partial charge is 0.259 e. The zero-order valence-corrected chi connectivity index (χ0v) is 23.9. The van der Waals surface area contributed by atoms with Gasteiger partial charge in [0.15, 0.2) is 0 Å². The zero-order chi connectivity index (χ0) is 25.3. The molecule has 7 nitrogen and oxygen atoms in total. The normalized spacial score (nSPS) is 16.7. The summed E-state index contributed by atoms with van der Waals surface area (Å²) in [5.41, 5.74) is 4.74. The van der Waals surface area contributed by atoms with E-state index in [2.05, 4.69) is 21.7 Å². The average Bonchev–Trinajstić information content (AvgIpc) is 3.25. The van der Waals surface area contributed by atoms with Gasteiger partial charge in [-0.1, -0.05) is 6.92 Å². The number of halogens is 3. The summed E-state index contributed by atoms with van der Waals surface area (Å²) in [4.78, 5) is 38.1. The zero-order valence-electron chi connectivity index (χ0n) is 22.3. The van der Waals surface area contributed by atoms with Crippen molar-refractivity contribution in [1.29, 1.82) is 0 Å². The number of amides is 2. The number of aromatic nitrogens is 1. The third kappa shape index (κ3) is 6.37. The third-order valence-electron chi connectivity index (χ3n) is 7.09. The van der Waals surface area contributed by atoms with E-state index in [0.717, 1.165) is 49.5 Å². The van der Waals surface area contributed by atoms with Crippen molar-refractivity contribution in [2.75, 3.05) is 64.8 Å². The van der Waals surface area contributed by atoms with Crippen molar-refractivity contribution in [1.82, 2.24) is 19.7 Å². The lowest BCUT2D eigenvalue weighted by molar-refractivity contribution is -0.113. The fraction of sp³-hybridized carbons (Fsp3) is 0.481. The van der Waals surface area contributed by atoms with Crippen LogP contribution in [0.4, 0.5) is 10.1 Å². The molecule has 4 rings (SSSR count). The number of benzene rings is 1. The van der Waals surface area contributed by atoms with E-state index >= 15 is 0 Å². The first kappa shape index (κ1) is 30.8. The van der Waals surface area contributed by atoms with E-state index in [9.17, 15) is 14.0 Å². The number of hydrogen-bond donors (Lipinski definition) is 1. The van der Waals surface area contributed by atoms with Crippen LogP contribution in [0.2, 0.25) is 0 Å². The Hall–Kier alpha value is -2.39. The standard InChI is InChI=1S/C27H36FN5O2.2ClH/c1-6-31-12-14-32(15-13-31)27(35)25-18(2)23(29-19(25)3)17-22-21-16-20(28)8-9-24(21)33(26(22)34)11-7-10-30(4)5;;/h8-9,16-17,29H,6-7,10-15H2,1-5H3;2*1H/b22-17-;;. The summed E-state index contributed by atoms with van der Waals surface area (Å²) in [5, 5.41) is 0. The van der Waals surface area contributed by atoms with Gasteiger partial charge in [-0.2, -0.15) is 0 Å². The number of piperazine rings is 1. The number of carbonyl (C=O) groups is 2. The maximum atomic E-state index is 14.2. The molecule has 0 atom stereocenters. The van der Waals surface area contributed by atoms with Crippen molar-refractivity contribution in [3.05, 3.63) is 52.1 Å². The van der Waals surface area contributed by atoms with Crippen LogP contribution < -0.4 is 4.90 Å². The minimum Gasteiger partial charge on any atom is -0.358 e. The minimum atomic E-state index is -0.376. The molecule has 10 heteroatoms. The Labute approximate surface area is 231 Å². The molecule has 2 aliphatic rings. The molecule has 1 aromatic heterocycles. The molecule has 2 amide bonds. The summed E-state index contributed by atoms with van der Waals surface area (Å²) >= 11 is 0. The number of anilines is 1. The number of H-pyrrole nitrogens is 1. The van der Waals surface area contributed by atoms with Crippen molar-refractivity contribution < 1.29 is 14.0 Å². The molecule has 0 radical (unpaired) electrons. The number of nitrogens with one attached hydrogen (secondary N) is 1. The predicted octanol–water partition coefficient (Wildman–Crippen LogP) is 4.23. The molecule has 0 bridgehead atoms. The molecular formula is C27H38Cl2FN5O2. The van der Waals surface area contributed by atoms with Gasteiger partial charge in [-0.15, -0.1) is 24.8 Å². The van der Waals surface area contributed by atoms with Crippen molar-refractivity contribution >= 4 is 54.0 Å². The summed E-state index contributed by atoms with van der Waals surface area (Å²) < 4.78 is 14.2. The summed E-state index contributed by atoms with van der Waals surface area (Å²) in [6, 6.07) is 4.50. The molecule has 204 valence electrons. The molecule has 1 aromatic carbocycles. The van der Waals surface area contributed by atoms with Gasteiger partial charge in [-0.25, -0.2) is 4.39 Å². The Bertz CT molecular complexity index is 1160. The lowest BCUT2D eigenvalue weighted by atomic mass is 10.0. The van der Waals surface area contributed by atoms with Crippen LogP contribution >= 0.6 is 24.8 Å². The number of aryl methyl sites for hydroxylation is 1. The van der Waals surface area contributed by atoms with E-state index < -0.39 is 0 Å². The predicted molar refractivity (Wildman–Crippen MR) is 153 cm³/mol. The Kier molecular flexibility index (Phi) is 10.8. The molecule has 0 saturated carbocycles. The molecule has 2 aliphatic heterocycles. The van der Waals surface area contributed by atoms with E-state index in [4.69, 9.17) is 0 Å². The molecule has 1 N–H and O–H groups in total. The number of hydrogen-bond acceptors (Lipinski definition) is 4. The Balaban J connectivity index is 0.00000241. The monoisotopic (exact) mass is 553 g/mol. The molecule has 37 heavy (non-hydrogen) atoms. The molecule has 2 aromatic rings. The molecule has 1 saturated heterocycles. The van der Waals surface area contributed by atoms with Crippen LogP contribution in [-0.4, -0.2) is 91.4 Å². The Morgan fingerprint density at radius 1 is 1.14 bits per heavy atom. The van der Waals surface area contributed by atoms with Crippen LogP contribution in [0.5, 0.6) is 0 Å². The van der Waals surface area contributed by atoms with Gasteiger partial charge >= 0.3 is 0 Å². The number of nitrogens with zero attached hydrogens (tertiary/aromatic N) is 4. The lowest BCUT2D eigenvalue weighted by Gasteiger charge is -2.34. The SMILES string of the molecule is CCN1CCN(C(=O)c2c(C)[nH]c(/C=C3\C(=O)N(CCCN(C)C)c4ccc(F)cc43)c2C)CC1.Cl.Cl. The Morgan fingerprint density at radius 3 is 2.43 bits per heavy atom. The van der Waals surface area contributed by atoms with Crippen LogP contribution in [0, 0.1) is 19.7 Å². The first-order valence-corrected chi connectivity index (χ1v) is 12.4. The molecule has 0 unspecified atom stereocenters. The highest BCUT2D eigenvalue weighted by molar-refractivity contribution is 6.35. The van der Waals surface area contributed by atoms with Crippen LogP contribution in [0.25, 0.3) is 11.6 Å². The van der Waals surface area contributed by atoms with Crippen molar-refractivity contribution in [3.63, 3.8) is 0 Å². The van der Waals surface area contributed by atoms with Crippen LogP contribution in [-0.2, 0) is 4.79 Å². The summed E-state index contributed by atoms with van der Waals surface area (Å²) in [6.07, 6.45) is 2.59. The second kappa shape index (κ2) is 12.9. The average molecular weight is 555 g/mol. The number of rotatable bonds is 7. The highest BCUT2D eigenvalue weighted by atomic mass is 35.5. The topological polar surface area (TPSA) is 62.9 Å². The van der Waals surface area contributed by atoms with Gasteiger partial charge < -0.3 is 24.6 Å². The first-order chi connectivity index (χ1) is 16.7. The number of likely N-dealkylation sites (N-methyl/N-ethyl adjacent to an activating group) is 1. The largest absolute Gasteiger partial charge is 0.358 e. The highest BCUT2D eigenvalue weighted by Crippen LogP contribution is 2.39. The molecule has 3 heterocycles. The van der Waals surface area contributed by atoms with E-state index in [1.54, 1.807) is 17.0 Å². The Morgan fingerprint density at radius 2 is 1.81 bits per heavy atom. The highest BCUT2D eigenvalue weighted by Gasteiger charge is 2.33. The van der Waals surface area contributed by atoms with Crippen molar-refractivity contribution in [2.24, 2.45) is 0 Å². The van der Waals surface area contributed by atoms with Gasteiger partial charge in [-0.05, 0) is 77.3 Å². The van der Waals surface area contributed by atoms with Gasteiger partial charge in [0.1, 0.15) is 5.82 Å². The fourth-order valence-electron chi connectivity index (χ4n) is 5.04. The summed E-state index contributed by atoms with van der Waals surface area (Å²) in [5.74, 6) is -0.496. The van der Waals surface area contributed by atoms with Crippen LogP contribution in [0.15, 0.2) is 18.2 Å². The maximum Gasteiger partial charge on any atom is 0.259 e. The number of aromatic amines is 1. The van der Waals surface area contributed by atoms with Crippen LogP contribution in [0.3, 0.4) is 0 Å². The molecule has 1 fully saturated rings. The summed E-state index contributed by atoms with van der Waals surface area (Å²) in [6.45, 7) is 11.5. The second-order valence-electron chi connectivity index (χ2n) is 9.72. The molecule has 0 aliphatic carbocycles. The van der Waals surface area contributed by atoms with Gasteiger partial charge in [0.2, 0.25) is 0 Å². The van der Waals surface area contributed by atoms with Crippen molar-refractivity contribution in [3.8, 4) is 0 Å². The van der Waals surface area contributed by atoms with E-state index in [1.165, 1.54) is 12.1 Å².